The Morgan fingerprint density at radius 3 is 2.69 bits per heavy atom. The van der Waals surface area contributed by atoms with Gasteiger partial charge in [0.25, 0.3) is 5.91 Å². The second-order valence-corrected chi connectivity index (χ2v) is 8.13. The molecule has 148 valence electrons. The molecule has 2 saturated carbocycles. The molecule has 1 heterocycles. The van der Waals surface area contributed by atoms with Crippen LogP contribution in [0.1, 0.15) is 64.7 Å². The average molecular weight is 366 g/mol. The van der Waals surface area contributed by atoms with E-state index in [2.05, 4.69) is 11.4 Å². The van der Waals surface area contributed by atoms with E-state index in [1.54, 1.807) is 0 Å². The topological polar surface area (TPSA) is 67.8 Å². The second-order valence-electron chi connectivity index (χ2n) is 8.13. The lowest BCUT2D eigenvalue weighted by molar-refractivity contribution is -0.177. The van der Waals surface area contributed by atoms with Gasteiger partial charge in [-0.15, -0.1) is 0 Å². The third kappa shape index (κ3) is 5.23. The number of allylic oxidation sites excluding steroid dienone is 1. The van der Waals surface area contributed by atoms with Gasteiger partial charge in [0.15, 0.2) is 5.76 Å². The molecule has 5 heteroatoms. The van der Waals surface area contributed by atoms with Crippen molar-refractivity contribution in [3.05, 3.63) is 11.8 Å². The summed E-state index contributed by atoms with van der Waals surface area (Å²) in [7, 11) is 0. The first kappa shape index (κ1) is 19.7. The molecular formula is C21H35NO4. The normalized spacial score (nSPS) is 29.8. The first-order valence-electron chi connectivity index (χ1n) is 10.6. The number of aliphatic hydroxyl groups is 1. The standard InChI is InChI=1S/C21H35NO4/c1-2-25-21-17(9-6-12-23)18(16-7-4-3-5-8-16)13-19(26-21)20(24)22-14-15-10-11-15/h13,15-18,21,23H,2-12,14H2,1H3,(H,22,24)/t17-,18-,21-/m1/s1. The average Bonchev–Trinajstić information content (AvgIpc) is 3.50. The van der Waals surface area contributed by atoms with Gasteiger partial charge in [-0.2, -0.15) is 0 Å². The quantitative estimate of drug-likeness (QED) is 0.657. The molecule has 1 aliphatic heterocycles. The van der Waals surface area contributed by atoms with Gasteiger partial charge in [0.1, 0.15) is 0 Å². The van der Waals surface area contributed by atoms with Crippen molar-refractivity contribution in [1.82, 2.24) is 5.32 Å². The van der Waals surface area contributed by atoms with Crippen LogP contribution in [0.4, 0.5) is 0 Å². The van der Waals surface area contributed by atoms with Crippen molar-refractivity contribution in [2.75, 3.05) is 19.8 Å². The minimum Gasteiger partial charge on any atom is -0.459 e. The smallest absolute Gasteiger partial charge is 0.286 e. The highest BCUT2D eigenvalue weighted by Gasteiger charge is 2.40. The molecule has 3 aliphatic rings. The molecule has 26 heavy (non-hydrogen) atoms. The number of hydrogen-bond acceptors (Lipinski definition) is 4. The first-order chi connectivity index (χ1) is 12.7. The fourth-order valence-electron chi connectivity index (χ4n) is 4.49. The highest BCUT2D eigenvalue weighted by molar-refractivity contribution is 5.91. The molecule has 0 bridgehead atoms. The Kier molecular flexibility index (Phi) is 7.38. The molecule has 3 atom stereocenters. The zero-order valence-corrected chi connectivity index (χ0v) is 16.1. The highest BCUT2D eigenvalue weighted by atomic mass is 16.7. The van der Waals surface area contributed by atoms with Crippen molar-refractivity contribution in [3.8, 4) is 0 Å². The summed E-state index contributed by atoms with van der Waals surface area (Å²) in [5, 5.41) is 12.3. The lowest BCUT2D eigenvalue weighted by Gasteiger charge is -2.41. The van der Waals surface area contributed by atoms with Crippen LogP contribution in [0.2, 0.25) is 0 Å². The number of ether oxygens (including phenoxy) is 2. The molecule has 2 fully saturated rings. The second kappa shape index (κ2) is 9.75. The Hall–Kier alpha value is -1.07. The van der Waals surface area contributed by atoms with Gasteiger partial charge in [0.05, 0.1) is 0 Å². The Balaban J connectivity index is 1.76. The molecule has 0 radical (unpaired) electrons. The third-order valence-electron chi connectivity index (χ3n) is 6.12. The van der Waals surface area contributed by atoms with E-state index in [0.717, 1.165) is 19.4 Å². The molecule has 0 unspecified atom stereocenters. The van der Waals surface area contributed by atoms with Crippen LogP contribution in [0.15, 0.2) is 11.8 Å². The Morgan fingerprint density at radius 1 is 1.27 bits per heavy atom. The molecule has 3 rings (SSSR count). The number of hydrogen-bond donors (Lipinski definition) is 2. The van der Waals surface area contributed by atoms with E-state index in [1.807, 2.05) is 6.92 Å². The summed E-state index contributed by atoms with van der Waals surface area (Å²) in [6, 6.07) is 0. The number of carbonyl (C=O) groups excluding carboxylic acids is 1. The lowest BCUT2D eigenvalue weighted by Crippen LogP contribution is -2.42. The summed E-state index contributed by atoms with van der Waals surface area (Å²) >= 11 is 0. The van der Waals surface area contributed by atoms with Gasteiger partial charge >= 0.3 is 0 Å². The van der Waals surface area contributed by atoms with E-state index in [0.29, 0.717) is 30.1 Å². The predicted molar refractivity (Wildman–Crippen MR) is 100 cm³/mol. The SMILES string of the molecule is CCO[C@@H]1OC(C(=O)NCC2CC2)=C[C@H](C2CCCCC2)[C@H]1CCCO. The summed E-state index contributed by atoms with van der Waals surface area (Å²) in [5.41, 5.74) is 0. The molecule has 0 saturated heterocycles. The maximum Gasteiger partial charge on any atom is 0.286 e. The molecule has 0 aromatic heterocycles. The van der Waals surface area contributed by atoms with Gasteiger partial charge in [-0.1, -0.05) is 19.3 Å². The van der Waals surface area contributed by atoms with Crippen molar-refractivity contribution < 1.29 is 19.4 Å². The molecule has 0 aromatic rings. The zero-order valence-electron chi connectivity index (χ0n) is 16.1. The fraction of sp³-hybridized carbons (Fsp3) is 0.857. The fourth-order valence-corrected chi connectivity index (χ4v) is 4.49. The van der Waals surface area contributed by atoms with Gasteiger partial charge in [-0.3, -0.25) is 4.79 Å². The van der Waals surface area contributed by atoms with Crippen LogP contribution in [0.25, 0.3) is 0 Å². The van der Waals surface area contributed by atoms with Crippen molar-refractivity contribution in [2.24, 2.45) is 23.7 Å². The maximum atomic E-state index is 12.6. The van der Waals surface area contributed by atoms with Gasteiger partial charge < -0.3 is 19.9 Å². The van der Waals surface area contributed by atoms with Gasteiger partial charge in [0, 0.05) is 25.7 Å². The molecule has 0 spiro atoms. The largest absolute Gasteiger partial charge is 0.459 e. The minimum atomic E-state index is -0.384. The van der Waals surface area contributed by atoms with E-state index in [4.69, 9.17) is 9.47 Å². The molecule has 2 N–H and O–H groups in total. The summed E-state index contributed by atoms with van der Waals surface area (Å²) in [6.07, 6.45) is 12.0. The predicted octanol–water partition coefficient (Wildman–Crippen LogP) is 3.37. The first-order valence-corrected chi connectivity index (χ1v) is 10.6. The van der Waals surface area contributed by atoms with Gasteiger partial charge in [-0.05, 0) is 69.3 Å². The Labute approximate surface area is 157 Å². The molecule has 2 aliphatic carbocycles. The third-order valence-corrected chi connectivity index (χ3v) is 6.12. The van der Waals surface area contributed by atoms with Gasteiger partial charge in [-0.25, -0.2) is 0 Å². The van der Waals surface area contributed by atoms with Gasteiger partial charge in [0.2, 0.25) is 6.29 Å². The summed E-state index contributed by atoms with van der Waals surface area (Å²) in [4.78, 5) is 12.6. The zero-order chi connectivity index (χ0) is 18.4. The number of amides is 1. The Morgan fingerprint density at radius 2 is 2.04 bits per heavy atom. The Bertz CT molecular complexity index is 482. The number of rotatable bonds is 9. The summed E-state index contributed by atoms with van der Waals surface area (Å²) in [5.74, 6) is 2.10. The monoisotopic (exact) mass is 365 g/mol. The molecule has 0 aromatic carbocycles. The highest BCUT2D eigenvalue weighted by Crippen LogP contribution is 2.42. The maximum absolute atomic E-state index is 12.6. The van der Waals surface area contributed by atoms with Crippen LogP contribution in [-0.2, 0) is 14.3 Å². The van der Waals surface area contributed by atoms with E-state index in [9.17, 15) is 9.90 Å². The number of nitrogens with one attached hydrogen (secondary N) is 1. The van der Waals surface area contributed by atoms with Crippen LogP contribution in [0.3, 0.4) is 0 Å². The number of aliphatic hydroxyl groups excluding tert-OH is 1. The summed E-state index contributed by atoms with van der Waals surface area (Å²) < 4.78 is 11.9. The van der Waals surface area contributed by atoms with Crippen LogP contribution in [0.5, 0.6) is 0 Å². The minimum absolute atomic E-state index is 0.0944. The van der Waals surface area contributed by atoms with Crippen molar-refractivity contribution >= 4 is 5.91 Å². The van der Waals surface area contributed by atoms with E-state index >= 15 is 0 Å². The lowest BCUT2D eigenvalue weighted by atomic mass is 9.71. The van der Waals surface area contributed by atoms with Crippen LogP contribution in [-0.4, -0.2) is 37.1 Å². The molecule has 1 amide bonds. The van der Waals surface area contributed by atoms with Crippen molar-refractivity contribution in [3.63, 3.8) is 0 Å². The van der Waals surface area contributed by atoms with E-state index in [1.165, 1.54) is 44.9 Å². The molecule has 5 nitrogen and oxygen atoms in total. The van der Waals surface area contributed by atoms with Crippen LogP contribution >= 0.6 is 0 Å². The van der Waals surface area contributed by atoms with Crippen LogP contribution < -0.4 is 5.32 Å². The van der Waals surface area contributed by atoms with Crippen molar-refractivity contribution in [1.29, 1.82) is 0 Å². The van der Waals surface area contributed by atoms with Crippen LogP contribution in [0, 0.1) is 23.7 Å². The van der Waals surface area contributed by atoms with E-state index < -0.39 is 0 Å². The van der Waals surface area contributed by atoms with Crippen molar-refractivity contribution in [2.45, 2.75) is 71.0 Å². The molecular weight excluding hydrogens is 330 g/mol. The summed E-state index contributed by atoms with van der Waals surface area (Å²) in [6.45, 7) is 3.47. The number of carbonyl (C=O) groups is 1. The van der Waals surface area contributed by atoms with E-state index in [-0.39, 0.29) is 24.7 Å².